The summed E-state index contributed by atoms with van der Waals surface area (Å²) in [4.78, 5) is 17.4. The van der Waals surface area contributed by atoms with Crippen LogP contribution in [0.5, 0.6) is 11.5 Å². The fourth-order valence-corrected chi connectivity index (χ4v) is 3.32. The van der Waals surface area contributed by atoms with E-state index in [1.807, 2.05) is 25.1 Å². The predicted molar refractivity (Wildman–Crippen MR) is 94.8 cm³/mol. The van der Waals surface area contributed by atoms with Crippen molar-refractivity contribution in [1.29, 1.82) is 0 Å². The van der Waals surface area contributed by atoms with E-state index in [0.29, 0.717) is 37.7 Å². The fourth-order valence-electron chi connectivity index (χ4n) is 2.47. The highest BCUT2D eigenvalue weighted by molar-refractivity contribution is 7.16. The van der Waals surface area contributed by atoms with Gasteiger partial charge in [0.2, 0.25) is 5.91 Å². The zero-order chi connectivity index (χ0) is 16.9. The number of ether oxygens (including phenoxy) is 2. The molecule has 1 aliphatic heterocycles. The first-order valence-corrected chi connectivity index (χ1v) is 8.86. The van der Waals surface area contributed by atoms with E-state index in [1.54, 1.807) is 0 Å². The normalized spacial score (nSPS) is 13.4. The Morgan fingerprint density at radius 2 is 2.12 bits per heavy atom. The Morgan fingerprint density at radius 3 is 2.92 bits per heavy atom. The van der Waals surface area contributed by atoms with Crippen molar-refractivity contribution in [2.24, 2.45) is 5.73 Å². The summed E-state index contributed by atoms with van der Waals surface area (Å²) in [6.45, 7) is 3.81. The van der Waals surface area contributed by atoms with Gasteiger partial charge in [-0.3, -0.25) is 4.79 Å². The molecule has 0 saturated heterocycles. The molecule has 1 amide bonds. The summed E-state index contributed by atoms with van der Waals surface area (Å²) in [6.07, 6.45) is 1.96. The van der Waals surface area contributed by atoms with Crippen molar-refractivity contribution in [3.63, 3.8) is 0 Å². The third-order valence-electron chi connectivity index (χ3n) is 3.67. The van der Waals surface area contributed by atoms with Crippen molar-refractivity contribution in [2.75, 3.05) is 25.1 Å². The van der Waals surface area contributed by atoms with E-state index in [0.717, 1.165) is 34.1 Å². The number of benzene rings is 1. The molecule has 0 bridgehead atoms. The number of carbonyl (C=O) groups excluding carboxylic acids is 1. The number of rotatable bonds is 5. The molecule has 3 N–H and O–H groups in total. The molecule has 6 nitrogen and oxygen atoms in total. The first-order chi connectivity index (χ1) is 11.7. The van der Waals surface area contributed by atoms with Gasteiger partial charge in [-0.25, -0.2) is 4.98 Å². The highest BCUT2D eigenvalue weighted by Crippen LogP contribution is 2.37. The van der Waals surface area contributed by atoms with Crippen molar-refractivity contribution in [2.45, 2.75) is 26.2 Å². The highest BCUT2D eigenvalue weighted by Gasteiger charge is 2.16. The van der Waals surface area contributed by atoms with Crippen molar-refractivity contribution >= 4 is 22.4 Å². The number of nitrogens with one attached hydrogen (secondary N) is 1. The number of anilines is 1. The molecular formula is C17H21N3O3S. The monoisotopic (exact) mass is 347 g/mol. The average Bonchev–Trinajstić information content (AvgIpc) is 2.79. The predicted octanol–water partition coefficient (Wildman–Crippen LogP) is 2.96. The van der Waals surface area contributed by atoms with E-state index in [1.165, 1.54) is 11.3 Å². The molecule has 7 heteroatoms. The standard InChI is InChI=1S/C17H21N3O3S/c1-11-16(20-17(24-11)19-15(21)4-2-7-18)12-5-6-13-14(10-12)23-9-3-8-22-13/h5-6,10H,2-4,7-9,18H2,1H3,(H,19,20,21). The van der Waals surface area contributed by atoms with Gasteiger partial charge in [-0.15, -0.1) is 11.3 Å². The maximum Gasteiger partial charge on any atom is 0.226 e. The summed E-state index contributed by atoms with van der Waals surface area (Å²) < 4.78 is 11.4. The third kappa shape index (κ3) is 3.85. The van der Waals surface area contributed by atoms with Gasteiger partial charge in [0.25, 0.3) is 0 Å². The lowest BCUT2D eigenvalue weighted by atomic mass is 10.1. The van der Waals surface area contributed by atoms with Crippen LogP contribution in [-0.4, -0.2) is 30.6 Å². The van der Waals surface area contributed by atoms with Gasteiger partial charge >= 0.3 is 0 Å². The van der Waals surface area contributed by atoms with Gasteiger partial charge in [0.1, 0.15) is 0 Å². The van der Waals surface area contributed by atoms with Crippen LogP contribution < -0.4 is 20.5 Å². The quantitative estimate of drug-likeness (QED) is 0.868. The summed E-state index contributed by atoms with van der Waals surface area (Å²) in [5.74, 6) is 1.45. The van der Waals surface area contributed by atoms with Crippen LogP contribution in [0.2, 0.25) is 0 Å². The minimum Gasteiger partial charge on any atom is -0.490 e. The number of nitrogens with zero attached hydrogens (tertiary/aromatic N) is 1. The van der Waals surface area contributed by atoms with Gasteiger partial charge < -0.3 is 20.5 Å². The zero-order valence-corrected chi connectivity index (χ0v) is 14.4. The number of aryl methyl sites for hydroxylation is 1. The molecule has 1 aromatic heterocycles. The Bertz CT molecular complexity index is 730. The Kier molecular flexibility index (Phi) is 5.32. The van der Waals surface area contributed by atoms with Gasteiger partial charge in [0.05, 0.1) is 18.9 Å². The maximum atomic E-state index is 11.8. The van der Waals surface area contributed by atoms with E-state index in [4.69, 9.17) is 15.2 Å². The van der Waals surface area contributed by atoms with Crippen molar-refractivity contribution < 1.29 is 14.3 Å². The Balaban J connectivity index is 1.80. The van der Waals surface area contributed by atoms with Gasteiger partial charge in [-0.1, -0.05) is 0 Å². The lowest BCUT2D eigenvalue weighted by molar-refractivity contribution is -0.116. The first-order valence-electron chi connectivity index (χ1n) is 8.05. The molecular weight excluding hydrogens is 326 g/mol. The molecule has 128 valence electrons. The number of hydrogen-bond acceptors (Lipinski definition) is 6. The smallest absolute Gasteiger partial charge is 0.226 e. The van der Waals surface area contributed by atoms with Crippen LogP contribution in [0.1, 0.15) is 24.1 Å². The van der Waals surface area contributed by atoms with E-state index in [9.17, 15) is 4.79 Å². The number of nitrogens with two attached hydrogens (primary N) is 1. The average molecular weight is 347 g/mol. The lowest BCUT2D eigenvalue weighted by Crippen LogP contribution is -2.13. The lowest BCUT2D eigenvalue weighted by Gasteiger charge is -2.08. The van der Waals surface area contributed by atoms with Gasteiger partial charge in [0.15, 0.2) is 16.6 Å². The topological polar surface area (TPSA) is 86.5 Å². The van der Waals surface area contributed by atoms with Crippen LogP contribution in [0.25, 0.3) is 11.3 Å². The number of amides is 1. The van der Waals surface area contributed by atoms with Gasteiger partial charge in [0, 0.05) is 23.3 Å². The number of fused-ring (bicyclic) bond motifs is 1. The van der Waals surface area contributed by atoms with Crippen LogP contribution in [0.3, 0.4) is 0 Å². The molecule has 2 heterocycles. The summed E-state index contributed by atoms with van der Waals surface area (Å²) >= 11 is 1.47. The third-order valence-corrected chi connectivity index (χ3v) is 4.56. The second-order valence-electron chi connectivity index (χ2n) is 5.58. The Morgan fingerprint density at radius 1 is 1.33 bits per heavy atom. The molecule has 2 aromatic rings. The second-order valence-corrected chi connectivity index (χ2v) is 6.78. The first kappa shape index (κ1) is 16.7. The molecule has 0 atom stereocenters. The summed E-state index contributed by atoms with van der Waals surface area (Å²) in [5, 5.41) is 3.45. The molecule has 1 aliphatic rings. The maximum absolute atomic E-state index is 11.8. The SMILES string of the molecule is Cc1sc(NC(=O)CCCN)nc1-c1ccc2c(c1)OCCCO2. The van der Waals surface area contributed by atoms with Crippen molar-refractivity contribution in [1.82, 2.24) is 4.98 Å². The molecule has 1 aromatic carbocycles. The largest absolute Gasteiger partial charge is 0.490 e. The molecule has 0 radical (unpaired) electrons. The number of thiazole rings is 1. The molecule has 0 fully saturated rings. The molecule has 0 unspecified atom stereocenters. The fraction of sp³-hybridized carbons (Fsp3) is 0.412. The molecule has 0 aliphatic carbocycles. The Hall–Kier alpha value is -2.12. The van der Waals surface area contributed by atoms with E-state index < -0.39 is 0 Å². The minimum atomic E-state index is -0.0561. The molecule has 0 saturated carbocycles. The van der Waals surface area contributed by atoms with Crippen LogP contribution in [-0.2, 0) is 4.79 Å². The Labute approximate surface area is 145 Å². The second kappa shape index (κ2) is 7.63. The number of hydrogen-bond donors (Lipinski definition) is 2. The number of carbonyl (C=O) groups is 1. The summed E-state index contributed by atoms with van der Waals surface area (Å²) in [7, 11) is 0. The van der Waals surface area contributed by atoms with Gasteiger partial charge in [-0.05, 0) is 38.1 Å². The molecule has 3 rings (SSSR count). The van der Waals surface area contributed by atoms with Crippen LogP contribution in [0.15, 0.2) is 18.2 Å². The molecule has 0 spiro atoms. The van der Waals surface area contributed by atoms with Gasteiger partial charge in [-0.2, -0.15) is 0 Å². The van der Waals surface area contributed by atoms with Crippen molar-refractivity contribution in [3.8, 4) is 22.8 Å². The van der Waals surface area contributed by atoms with Crippen LogP contribution in [0.4, 0.5) is 5.13 Å². The zero-order valence-electron chi connectivity index (χ0n) is 13.6. The van der Waals surface area contributed by atoms with E-state index >= 15 is 0 Å². The number of aromatic nitrogens is 1. The summed E-state index contributed by atoms with van der Waals surface area (Å²) in [6, 6.07) is 5.83. The highest BCUT2D eigenvalue weighted by atomic mass is 32.1. The van der Waals surface area contributed by atoms with Crippen LogP contribution >= 0.6 is 11.3 Å². The van der Waals surface area contributed by atoms with Crippen molar-refractivity contribution in [3.05, 3.63) is 23.1 Å². The minimum absolute atomic E-state index is 0.0561. The summed E-state index contributed by atoms with van der Waals surface area (Å²) in [5.41, 5.74) is 7.23. The van der Waals surface area contributed by atoms with E-state index in [-0.39, 0.29) is 5.91 Å². The van der Waals surface area contributed by atoms with Crippen LogP contribution in [0, 0.1) is 6.92 Å². The molecule has 24 heavy (non-hydrogen) atoms. The van der Waals surface area contributed by atoms with E-state index in [2.05, 4.69) is 10.3 Å².